The summed E-state index contributed by atoms with van der Waals surface area (Å²) in [6, 6.07) is 5.47. The molecule has 2 rings (SSSR count). The van der Waals surface area contributed by atoms with E-state index in [-0.39, 0.29) is 12.0 Å². The van der Waals surface area contributed by atoms with Gasteiger partial charge in [-0.3, -0.25) is 0 Å². The van der Waals surface area contributed by atoms with Crippen molar-refractivity contribution >= 4 is 28.9 Å². The lowest BCUT2D eigenvalue weighted by molar-refractivity contribution is 0.0944. The summed E-state index contributed by atoms with van der Waals surface area (Å²) in [6.07, 6.45) is 5.79. The number of rotatable bonds is 4. The Morgan fingerprint density at radius 2 is 1.72 bits per heavy atom. The van der Waals surface area contributed by atoms with Gasteiger partial charge >= 0.3 is 0 Å². The lowest BCUT2D eigenvalue weighted by Crippen LogP contribution is -2.35. The van der Waals surface area contributed by atoms with Gasteiger partial charge in [-0.05, 0) is 25.0 Å². The van der Waals surface area contributed by atoms with Crippen LogP contribution in [0.25, 0.3) is 0 Å². The van der Waals surface area contributed by atoms with Crippen molar-refractivity contribution in [1.82, 2.24) is 0 Å². The van der Waals surface area contributed by atoms with Crippen LogP contribution in [0.15, 0.2) is 18.2 Å². The molecular formula is C14H19Cl2NO. The fourth-order valence-corrected chi connectivity index (χ4v) is 3.17. The first kappa shape index (κ1) is 14.0. The highest BCUT2D eigenvalue weighted by atomic mass is 35.5. The highest BCUT2D eigenvalue weighted by Crippen LogP contribution is 2.37. The Bertz CT molecular complexity index is 383. The molecule has 0 radical (unpaired) electrons. The molecule has 0 aliphatic heterocycles. The van der Waals surface area contributed by atoms with Crippen molar-refractivity contribution in [2.75, 3.05) is 18.5 Å². The van der Waals surface area contributed by atoms with Crippen molar-refractivity contribution in [3.05, 3.63) is 28.2 Å². The highest BCUT2D eigenvalue weighted by Gasteiger charge is 2.31. The zero-order valence-electron chi connectivity index (χ0n) is 10.4. The maximum atomic E-state index is 9.65. The van der Waals surface area contributed by atoms with Crippen LogP contribution in [0.1, 0.15) is 32.1 Å². The Labute approximate surface area is 118 Å². The van der Waals surface area contributed by atoms with Crippen LogP contribution in [-0.2, 0) is 0 Å². The molecule has 18 heavy (non-hydrogen) atoms. The van der Waals surface area contributed by atoms with Gasteiger partial charge in [-0.15, -0.1) is 0 Å². The third-order valence-electron chi connectivity index (χ3n) is 3.85. The normalized spacial score (nSPS) is 18.6. The lowest BCUT2D eigenvalue weighted by Gasteiger charge is -2.36. The molecule has 0 atom stereocenters. The van der Waals surface area contributed by atoms with Crippen molar-refractivity contribution in [3.63, 3.8) is 0 Å². The van der Waals surface area contributed by atoms with E-state index in [0.29, 0.717) is 10.0 Å². The van der Waals surface area contributed by atoms with Gasteiger partial charge in [0.05, 0.1) is 22.3 Å². The Morgan fingerprint density at radius 3 is 2.28 bits per heavy atom. The molecule has 0 bridgehead atoms. The van der Waals surface area contributed by atoms with Crippen LogP contribution in [0.5, 0.6) is 0 Å². The molecule has 2 N–H and O–H groups in total. The Morgan fingerprint density at radius 1 is 1.11 bits per heavy atom. The molecule has 0 amide bonds. The molecular weight excluding hydrogens is 269 g/mol. The third-order valence-corrected chi connectivity index (χ3v) is 4.48. The predicted molar refractivity (Wildman–Crippen MR) is 77.6 cm³/mol. The number of aliphatic hydroxyl groups is 1. The Balaban J connectivity index is 2.05. The third kappa shape index (κ3) is 3.11. The van der Waals surface area contributed by atoms with Gasteiger partial charge in [0.15, 0.2) is 0 Å². The van der Waals surface area contributed by atoms with E-state index in [1.54, 1.807) is 0 Å². The van der Waals surface area contributed by atoms with E-state index < -0.39 is 0 Å². The summed E-state index contributed by atoms with van der Waals surface area (Å²) in [7, 11) is 0. The topological polar surface area (TPSA) is 32.3 Å². The summed E-state index contributed by atoms with van der Waals surface area (Å²) < 4.78 is 0. The van der Waals surface area contributed by atoms with Gasteiger partial charge in [-0.25, -0.2) is 0 Å². The van der Waals surface area contributed by atoms with E-state index in [4.69, 9.17) is 23.2 Å². The SMILES string of the molecule is OCC1(CNc2c(Cl)cccc2Cl)CCCCC1. The molecule has 1 aromatic carbocycles. The van der Waals surface area contributed by atoms with Crippen LogP contribution < -0.4 is 5.32 Å². The van der Waals surface area contributed by atoms with Gasteiger partial charge in [-0.2, -0.15) is 0 Å². The van der Waals surface area contributed by atoms with Crippen molar-refractivity contribution in [2.24, 2.45) is 5.41 Å². The molecule has 1 fully saturated rings. The Hall–Kier alpha value is -0.440. The second-order valence-electron chi connectivity index (χ2n) is 5.17. The molecule has 0 aromatic heterocycles. The molecule has 1 aromatic rings. The van der Waals surface area contributed by atoms with E-state index in [2.05, 4.69) is 5.32 Å². The summed E-state index contributed by atoms with van der Waals surface area (Å²) in [4.78, 5) is 0. The maximum Gasteiger partial charge on any atom is 0.0719 e. The van der Waals surface area contributed by atoms with E-state index in [1.807, 2.05) is 18.2 Å². The van der Waals surface area contributed by atoms with Gasteiger partial charge < -0.3 is 10.4 Å². The number of aliphatic hydroxyl groups excluding tert-OH is 1. The van der Waals surface area contributed by atoms with Crippen LogP contribution in [0.4, 0.5) is 5.69 Å². The zero-order valence-corrected chi connectivity index (χ0v) is 11.9. The lowest BCUT2D eigenvalue weighted by atomic mass is 9.74. The van der Waals surface area contributed by atoms with E-state index >= 15 is 0 Å². The van der Waals surface area contributed by atoms with E-state index in [9.17, 15) is 5.11 Å². The van der Waals surface area contributed by atoms with Crippen molar-refractivity contribution in [2.45, 2.75) is 32.1 Å². The first-order valence-corrected chi connectivity index (χ1v) is 7.21. The van der Waals surface area contributed by atoms with Crippen LogP contribution in [0, 0.1) is 5.41 Å². The predicted octanol–water partition coefficient (Wildman–Crippen LogP) is 4.35. The quantitative estimate of drug-likeness (QED) is 0.863. The number of nitrogens with one attached hydrogen (secondary N) is 1. The maximum absolute atomic E-state index is 9.65. The van der Waals surface area contributed by atoms with Gasteiger partial charge in [0.2, 0.25) is 0 Å². The smallest absolute Gasteiger partial charge is 0.0719 e. The molecule has 0 spiro atoms. The molecule has 0 saturated heterocycles. The highest BCUT2D eigenvalue weighted by molar-refractivity contribution is 6.39. The standard InChI is InChI=1S/C14H19Cl2NO/c15-11-5-4-6-12(16)13(11)17-9-14(10-18)7-2-1-3-8-14/h4-6,17-18H,1-3,7-10H2. The number of benzene rings is 1. The number of hydrogen-bond acceptors (Lipinski definition) is 2. The molecule has 2 nitrogen and oxygen atoms in total. The van der Waals surface area contributed by atoms with Crippen LogP contribution in [-0.4, -0.2) is 18.3 Å². The molecule has 0 unspecified atom stereocenters. The van der Waals surface area contributed by atoms with Crippen molar-refractivity contribution < 1.29 is 5.11 Å². The van der Waals surface area contributed by atoms with E-state index in [0.717, 1.165) is 25.1 Å². The van der Waals surface area contributed by atoms with Crippen LogP contribution in [0.2, 0.25) is 10.0 Å². The second-order valence-corrected chi connectivity index (χ2v) is 5.98. The zero-order chi connectivity index (χ0) is 13.0. The first-order valence-electron chi connectivity index (χ1n) is 6.46. The summed E-state index contributed by atoms with van der Waals surface area (Å²) in [5, 5.41) is 14.2. The monoisotopic (exact) mass is 287 g/mol. The summed E-state index contributed by atoms with van der Waals surface area (Å²) in [5.41, 5.74) is 0.764. The number of halogens is 2. The molecule has 1 aliphatic rings. The minimum absolute atomic E-state index is 0.0131. The molecule has 1 saturated carbocycles. The summed E-state index contributed by atoms with van der Waals surface area (Å²) >= 11 is 12.3. The molecule has 4 heteroatoms. The van der Waals surface area contributed by atoms with E-state index in [1.165, 1.54) is 19.3 Å². The molecule has 100 valence electrons. The average Bonchev–Trinajstić information content (AvgIpc) is 2.39. The van der Waals surface area contributed by atoms with Gasteiger partial charge in [0.25, 0.3) is 0 Å². The van der Waals surface area contributed by atoms with Gasteiger partial charge in [0, 0.05) is 12.0 Å². The second kappa shape index (κ2) is 6.14. The summed E-state index contributed by atoms with van der Waals surface area (Å²) in [5.74, 6) is 0. The largest absolute Gasteiger partial charge is 0.396 e. The minimum Gasteiger partial charge on any atom is -0.396 e. The fraction of sp³-hybridized carbons (Fsp3) is 0.571. The fourth-order valence-electron chi connectivity index (χ4n) is 2.64. The number of para-hydroxylation sites is 1. The Kier molecular flexibility index (Phi) is 4.77. The van der Waals surface area contributed by atoms with Crippen LogP contribution >= 0.6 is 23.2 Å². The number of anilines is 1. The number of hydrogen-bond donors (Lipinski definition) is 2. The average molecular weight is 288 g/mol. The summed E-state index contributed by atoms with van der Waals surface area (Å²) in [6.45, 7) is 0.953. The molecule has 0 heterocycles. The van der Waals surface area contributed by atoms with Gasteiger partial charge in [0.1, 0.15) is 0 Å². The van der Waals surface area contributed by atoms with Gasteiger partial charge in [-0.1, -0.05) is 48.5 Å². The first-order chi connectivity index (χ1) is 8.67. The molecule has 1 aliphatic carbocycles. The van der Waals surface area contributed by atoms with Crippen LogP contribution in [0.3, 0.4) is 0 Å². The minimum atomic E-state index is -0.0131. The van der Waals surface area contributed by atoms with Crippen molar-refractivity contribution in [1.29, 1.82) is 0 Å². The van der Waals surface area contributed by atoms with Crippen molar-refractivity contribution in [3.8, 4) is 0 Å².